The van der Waals surface area contributed by atoms with Gasteiger partial charge in [-0.1, -0.05) is 44.1 Å². The molecule has 206 valence electrons. The third kappa shape index (κ3) is 5.16. The number of amides is 2. The van der Waals surface area contributed by atoms with Gasteiger partial charge in [0, 0.05) is 5.92 Å². The van der Waals surface area contributed by atoms with Gasteiger partial charge in [0.1, 0.15) is 18.1 Å². The van der Waals surface area contributed by atoms with Crippen LogP contribution in [-0.2, 0) is 20.9 Å². The summed E-state index contributed by atoms with van der Waals surface area (Å²) in [6, 6.07) is 9.95. The lowest BCUT2D eigenvalue weighted by atomic mass is 9.67. The largest absolute Gasteiger partial charge is 0.488 e. The van der Waals surface area contributed by atoms with E-state index < -0.39 is 19.0 Å². The van der Waals surface area contributed by atoms with Crippen LogP contribution < -0.4 is 10.4 Å². The van der Waals surface area contributed by atoms with Crippen LogP contribution in [0, 0.1) is 23.7 Å². The number of furan rings is 1. The van der Waals surface area contributed by atoms with Gasteiger partial charge >= 0.3 is 7.12 Å². The quantitative estimate of drug-likeness (QED) is 0.257. The van der Waals surface area contributed by atoms with Crippen LogP contribution in [-0.4, -0.2) is 46.8 Å². The summed E-state index contributed by atoms with van der Waals surface area (Å²) in [7, 11) is -1.68. The molecule has 2 aromatic rings. The molecule has 3 aliphatic rings. The second kappa shape index (κ2) is 11.3. The van der Waals surface area contributed by atoms with Gasteiger partial charge < -0.3 is 24.3 Å². The lowest BCUT2D eigenvalue weighted by Gasteiger charge is -2.33. The third-order valence-corrected chi connectivity index (χ3v) is 8.43. The Hall–Kier alpha value is -2.98. The van der Waals surface area contributed by atoms with Crippen molar-refractivity contribution in [2.45, 2.75) is 59.2 Å². The Bertz CT molecular complexity index is 1310. The van der Waals surface area contributed by atoms with Gasteiger partial charge in [-0.15, -0.1) is 0 Å². The minimum Gasteiger partial charge on any atom is -0.459 e. The van der Waals surface area contributed by atoms with Crippen molar-refractivity contribution in [1.82, 2.24) is 0 Å². The molecule has 8 nitrogen and oxygen atoms in total. The van der Waals surface area contributed by atoms with Crippen LogP contribution in [0.15, 0.2) is 57.5 Å². The average Bonchev–Trinajstić information content (AvgIpc) is 3.62. The molecular formula is C30H36BNO7. The van der Waals surface area contributed by atoms with Crippen molar-refractivity contribution in [2.75, 3.05) is 11.5 Å². The van der Waals surface area contributed by atoms with Crippen LogP contribution in [0.4, 0.5) is 5.69 Å². The molecule has 2 aliphatic heterocycles. The normalized spacial score (nSPS) is 25.1. The van der Waals surface area contributed by atoms with Crippen molar-refractivity contribution in [3.8, 4) is 0 Å². The van der Waals surface area contributed by atoms with E-state index in [0.717, 1.165) is 25.0 Å². The zero-order valence-electron chi connectivity index (χ0n) is 22.7. The van der Waals surface area contributed by atoms with Crippen LogP contribution in [0.1, 0.15) is 58.0 Å². The number of rotatable bonds is 9. The van der Waals surface area contributed by atoms with Gasteiger partial charge in [-0.3, -0.25) is 14.5 Å². The number of hydrogen-bond donors (Lipinski definition) is 3. The molecular weight excluding hydrogens is 497 g/mol. The lowest BCUT2D eigenvalue weighted by molar-refractivity contribution is -0.122. The monoisotopic (exact) mass is 533 g/mol. The van der Waals surface area contributed by atoms with Crippen molar-refractivity contribution in [3.63, 3.8) is 0 Å². The van der Waals surface area contributed by atoms with E-state index in [0.29, 0.717) is 24.5 Å². The summed E-state index contributed by atoms with van der Waals surface area (Å²) in [5, 5.41) is 28.5. The first-order valence-corrected chi connectivity index (χ1v) is 13.8. The molecule has 3 N–H and O–H groups in total. The van der Waals surface area contributed by atoms with Gasteiger partial charge in [-0.05, 0) is 73.0 Å². The Morgan fingerprint density at radius 2 is 1.95 bits per heavy atom. The predicted molar refractivity (Wildman–Crippen MR) is 148 cm³/mol. The molecule has 0 unspecified atom stereocenters. The number of allylic oxidation sites excluding steroid dienone is 2. The highest BCUT2D eigenvalue weighted by Gasteiger charge is 2.57. The first-order valence-electron chi connectivity index (χ1n) is 13.8. The number of imide groups is 1. The predicted octanol–water partition coefficient (Wildman–Crippen LogP) is 3.20. The number of hydrogen-bond acceptors (Lipinski definition) is 7. The standard InChI is InChI=1S/C30H36BNO7/c1-4-18(12-21-9-10-22(15-33)39-21)8-11-26-27-23(17(2)3)14-24-28(25(27)16-38-26)30(35)32(29(24)34)20-7-5-6-19(13-20)31(36)37/h5-7,9-10,12-13,17,24-26,28,33,36-37H,4,8,11,14-16H2,1-3H3/b18-12+/t24-,25+,26-,28-/m1/s1. The highest BCUT2D eigenvalue weighted by Crippen LogP contribution is 2.51. The topological polar surface area (TPSA) is 120 Å². The highest BCUT2D eigenvalue weighted by molar-refractivity contribution is 6.58. The molecule has 0 saturated carbocycles. The van der Waals surface area contributed by atoms with Gasteiger partial charge in [0.05, 0.1) is 30.2 Å². The summed E-state index contributed by atoms with van der Waals surface area (Å²) in [4.78, 5) is 28.6. The smallest absolute Gasteiger partial charge is 0.459 e. The number of aliphatic hydroxyl groups excluding tert-OH is 1. The molecule has 5 rings (SSSR count). The molecule has 2 fully saturated rings. The van der Waals surface area contributed by atoms with E-state index in [1.807, 2.05) is 12.1 Å². The molecule has 3 heterocycles. The second-order valence-electron chi connectivity index (χ2n) is 11.0. The van der Waals surface area contributed by atoms with E-state index in [2.05, 4.69) is 20.8 Å². The van der Waals surface area contributed by atoms with Crippen LogP contribution in [0.3, 0.4) is 0 Å². The SMILES string of the molecule is CC/C(=C\c1ccc(CO)o1)CC[C@H]1OC[C@H]2C1=C(C(C)C)C[C@H]1C(=O)N(c3cccc(B(O)O)c3)C(=O)[C@H]12. The number of benzene rings is 1. The minimum absolute atomic E-state index is 0.113. The van der Waals surface area contributed by atoms with E-state index in [9.17, 15) is 24.7 Å². The first-order chi connectivity index (χ1) is 18.7. The molecule has 4 atom stereocenters. The van der Waals surface area contributed by atoms with E-state index in [-0.39, 0.29) is 41.8 Å². The van der Waals surface area contributed by atoms with Crippen LogP contribution >= 0.6 is 0 Å². The minimum atomic E-state index is -1.68. The molecule has 2 amide bonds. The molecule has 0 bridgehead atoms. The van der Waals surface area contributed by atoms with Crippen LogP contribution in [0.25, 0.3) is 6.08 Å². The van der Waals surface area contributed by atoms with Gasteiger partial charge in [0.2, 0.25) is 11.8 Å². The summed E-state index contributed by atoms with van der Waals surface area (Å²) in [6.07, 6.45) is 4.88. The molecule has 39 heavy (non-hydrogen) atoms. The van der Waals surface area contributed by atoms with Crippen molar-refractivity contribution in [1.29, 1.82) is 0 Å². The van der Waals surface area contributed by atoms with E-state index in [1.54, 1.807) is 24.3 Å². The number of nitrogens with zero attached hydrogens (tertiary/aromatic N) is 1. The molecule has 1 aromatic carbocycles. The summed E-state index contributed by atoms with van der Waals surface area (Å²) in [5.41, 5.74) is 4.21. The molecule has 1 aliphatic carbocycles. The van der Waals surface area contributed by atoms with E-state index in [4.69, 9.17) is 9.15 Å². The Morgan fingerprint density at radius 3 is 2.62 bits per heavy atom. The molecule has 1 aromatic heterocycles. The van der Waals surface area contributed by atoms with Gasteiger partial charge in [-0.2, -0.15) is 0 Å². The Kier molecular flexibility index (Phi) is 7.96. The molecule has 9 heteroatoms. The Balaban J connectivity index is 1.39. The average molecular weight is 533 g/mol. The summed E-state index contributed by atoms with van der Waals surface area (Å²) >= 11 is 0. The zero-order chi connectivity index (χ0) is 27.8. The maximum absolute atomic E-state index is 13.8. The van der Waals surface area contributed by atoms with E-state index >= 15 is 0 Å². The number of aliphatic hydroxyl groups is 1. The fraction of sp³-hybridized carbons (Fsp3) is 0.467. The van der Waals surface area contributed by atoms with Crippen molar-refractivity contribution >= 4 is 36.2 Å². The van der Waals surface area contributed by atoms with Crippen LogP contribution in [0.2, 0.25) is 0 Å². The Labute approximate surface area is 229 Å². The van der Waals surface area contributed by atoms with E-state index in [1.165, 1.54) is 27.7 Å². The summed E-state index contributed by atoms with van der Waals surface area (Å²) in [6.45, 7) is 6.64. The molecule has 0 spiro atoms. The second-order valence-corrected chi connectivity index (χ2v) is 11.0. The van der Waals surface area contributed by atoms with Crippen molar-refractivity contribution in [3.05, 3.63) is 64.6 Å². The number of anilines is 1. The summed E-state index contributed by atoms with van der Waals surface area (Å²) < 4.78 is 12.0. The van der Waals surface area contributed by atoms with Gasteiger partial charge in [0.15, 0.2) is 0 Å². The molecule has 2 saturated heterocycles. The first kappa shape index (κ1) is 27.6. The third-order valence-electron chi connectivity index (χ3n) is 8.43. The lowest BCUT2D eigenvalue weighted by Crippen LogP contribution is -2.36. The van der Waals surface area contributed by atoms with Gasteiger partial charge in [0.25, 0.3) is 0 Å². The fourth-order valence-corrected chi connectivity index (χ4v) is 6.46. The van der Waals surface area contributed by atoms with Crippen molar-refractivity contribution < 1.29 is 33.9 Å². The zero-order valence-corrected chi connectivity index (χ0v) is 22.7. The highest BCUT2D eigenvalue weighted by atomic mass is 16.5. The molecule has 0 radical (unpaired) electrons. The number of carbonyl (C=O) groups excluding carboxylic acids is 2. The van der Waals surface area contributed by atoms with Crippen LogP contribution in [0.5, 0.6) is 0 Å². The maximum atomic E-state index is 13.8. The number of carbonyl (C=O) groups is 2. The summed E-state index contributed by atoms with van der Waals surface area (Å²) in [5.74, 6) is -0.0710. The van der Waals surface area contributed by atoms with Gasteiger partial charge in [-0.25, -0.2) is 0 Å². The Morgan fingerprint density at radius 1 is 1.15 bits per heavy atom. The number of ether oxygens (including phenoxy) is 1. The number of fused-ring (bicyclic) bond motifs is 3. The van der Waals surface area contributed by atoms with Crippen molar-refractivity contribution in [2.24, 2.45) is 23.7 Å². The maximum Gasteiger partial charge on any atom is 0.488 e. The fourth-order valence-electron chi connectivity index (χ4n) is 6.46.